The maximum atomic E-state index is 8.69. The van der Waals surface area contributed by atoms with Gasteiger partial charge >= 0.3 is 0 Å². The molecule has 2 aromatic rings. The summed E-state index contributed by atoms with van der Waals surface area (Å²) in [5.41, 5.74) is 3.19. The van der Waals surface area contributed by atoms with Gasteiger partial charge in [0.1, 0.15) is 0 Å². The van der Waals surface area contributed by atoms with Crippen LogP contribution in [0.2, 0.25) is 0 Å². The number of rotatable bonds is 5. The van der Waals surface area contributed by atoms with Crippen LogP contribution in [0.3, 0.4) is 0 Å². The summed E-state index contributed by atoms with van der Waals surface area (Å²) in [6, 6.07) is 10.1. The van der Waals surface area contributed by atoms with Crippen LogP contribution >= 0.6 is 11.8 Å². The van der Waals surface area contributed by atoms with E-state index in [2.05, 4.69) is 24.2 Å². The average Bonchev–Trinajstić information content (AvgIpc) is 2.79. The monoisotopic (exact) mass is 249 g/mol. The second-order valence-electron chi connectivity index (χ2n) is 3.82. The lowest BCUT2D eigenvalue weighted by atomic mass is 10.1. The van der Waals surface area contributed by atoms with Gasteiger partial charge in [0.05, 0.1) is 12.3 Å². The minimum atomic E-state index is 0.202. The largest absolute Gasteiger partial charge is 0.396 e. The summed E-state index contributed by atoms with van der Waals surface area (Å²) in [5.74, 6) is 2.30. The highest BCUT2D eigenvalue weighted by Gasteiger charge is 2.06. The van der Waals surface area contributed by atoms with Crippen molar-refractivity contribution < 1.29 is 9.63 Å². The zero-order valence-electron chi connectivity index (χ0n) is 9.72. The van der Waals surface area contributed by atoms with Crippen LogP contribution in [-0.2, 0) is 5.75 Å². The third-order valence-electron chi connectivity index (χ3n) is 2.38. The molecule has 0 fully saturated rings. The van der Waals surface area contributed by atoms with Crippen molar-refractivity contribution in [3.8, 4) is 11.3 Å². The SMILES string of the molecule is Cc1ccc(-c2cc(CSCCO)no2)cc1. The highest BCUT2D eigenvalue weighted by molar-refractivity contribution is 7.98. The van der Waals surface area contributed by atoms with Crippen molar-refractivity contribution in [2.75, 3.05) is 12.4 Å². The number of nitrogens with zero attached hydrogens (tertiary/aromatic N) is 1. The van der Waals surface area contributed by atoms with E-state index in [1.807, 2.05) is 18.2 Å². The van der Waals surface area contributed by atoms with Gasteiger partial charge in [-0.05, 0) is 6.92 Å². The maximum absolute atomic E-state index is 8.69. The van der Waals surface area contributed by atoms with Crippen molar-refractivity contribution in [1.82, 2.24) is 5.16 Å². The van der Waals surface area contributed by atoms with Crippen LogP contribution in [-0.4, -0.2) is 22.6 Å². The van der Waals surface area contributed by atoms with Gasteiger partial charge in [-0.3, -0.25) is 0 Å². The lowest BCUT2D eigenvalue weighted by molar-refractivity contribution is 0.322. The summed E-state index contributed by atoms with van der Waals surface area (Å²) in [4.78, 5) is 0. The van der Waals surface area contributed by atoms with Crippen LogP contribution < -0.4 is 0 Å². The molecule has 0 amide bonds. The molecule has 0 saturated carbocycles. The number of benzene rings is 1. The van der Waals surface area contributed by atoms with Gasteiger partial charge in [-0.1, -0.05) is 35.0 Å². The fraction of sp³-hybridized carbons (Fsp3) is 0.308. The number of hydrogen-bond donors (Lipinski definition) is 1. The second-order valence-corrected chi connectivity index (χ2v) is 4.93. The lowest BCUT2D eigenvalue weighted by Gasteiger charge is -1.95. The van der Waals surface area contributed by atoms with Crippen LogP contribution in [0.15, 0.2) is 34.9 Å². The van der Waals surface area contributed by atoms with Crippen molar-refractivity contribution in [2.45, 2.75) is 12.7 Å². The number of aryl methyl sites for hydroxylation is 1. The molecule has 0 radical (unpaired) electrons. The zero-order valence-corrected chi connectivity index (χ0v) is 10.5. The van der Waals surface area contributed by atoms with Gasteiger partial charge < -0.3 is 9.63 Å². The number of aromatic nitrogens is 1. The number of aliphatic hydroxyl groups excluding tert-OH is 1. The molecule has 2 rings (SSSR count). The first-order chi connectivity index (χ1) is 8.29. The first-order valence-corrected chi connectivity index (χ1v) is 6.66. The van der Waals surface area contributed by atoms with E-state index in [1.54, 1.807) is 11.8 Å². The molecule has 0 unspecified atom stereocenters. The molecule has 90 valence electrons. The Morgan fingerprint density at radius 2 is 2.06 bits per heavy atom. The predicted molar refractivity (Wildman–Crippen MR) is 69.9 cm³/mol. The van der Waals surface area contributed by atoms with E-state index >= 15 is 0 Å². The van der Waals surface area contributed by atoms with Gasteiger partial charge in [-0.2, -0.15) is 11.8 Å². The fourth-order valence-electron chi connectivity index (χ4n) is 1.48. The molecular weight excluding hydrogens is 234 g/mol. The van der Waals surface area contributed by atoms with Crippen LogP contribution in [0.1, 0.15) is 11.3 Å². The Balaban J connectivity index is 2.04. The molecule has 0 atom stereocenters. The molecule has 1 aromatic heterocycles. The van der Waals surface area contributed by atoms with Crippen molar-refractivity contribution in [2.24, 2.45) is 0 Å². The van der Waals surface area contributed by atoms with Gasteiger partial charge in [0.25, 0.3) is 0 Å². The third kappa shape index (κ3) is 3.35. The molecule has 0 aliphatic heterocycles. The molecule has 1 aromatic carbocycles. The Morgan fingerprint density at radius 1 is 1.29 bits per heavy atom. The van der Waals surface area contributed by atoms with E-state index in [1.165, 1.54) is 5.56 Å². The third-order valence-corrected chi connectivity index (χ3v) is 3.35. The summed E-state index contributed by atoms with van der Waals surface area (Å²) in [5, 5.41) is 12.7. The lowest BCUT2D eigenvalue weighted by Crippen LogP contribution is -1.87. The summed E-state index contributed by atoms with van der Waals surface area (Å²) in [6.45, 7) is 2.26. The minimum Gasteiger partial charge on any atom is -0.396 e. The summed E-state index contributed by atoms with van der Waals surface area (Å²) in [7, 11) is 0. The smallest absolute Gasteiger partial charge is 0.167 e. The Labute approximate surface area is 105 Å². The molecule has 17 heavy (non-hydrogen) atoms. The fourth-order valence-corrected chi connectivity index (χ4v) is 2.09. The van der Waals surface area contributed by atoms with E-state index in [0.29, 0.717) is 0 Å². The Bertz CT molecular complexity index is 465. The van der Waals surface area contributed by atoms with Crippen molar-refractivity contribution >= 4 is 11.8 Å². The molecule has 0 aliphatic rings. The normalized spacial score (nSPS) is 10.7. The molecule has 0 aliphatic carbocycles. The van der Waals surface area contributed by atoms with Gasteiger partial charge in [0, 0.05) is 23.1 Å². The molecular formula is C13H15NO2S. The molecule has 4 heteroatoms. The predicted octanol–water partition coefficient (Wildman–Crippen LogP) is 2.88. The highest BCUT2D eigenvalue weighted by atomic mass is 32.2. The molecule has 0 spiro atoms. The van der Waals surface area contributed by atoms with Crippen molar-refractivity contribution in [3.63, 3.8) is 0 Å². The van der Waals surface area contributed by atoms with Gasteiger partial charge in [0.2, 0.25) is 0 Å². The topological polar surface area (TPSA) is 46.3 Å². The van der Waals surface area contributed by atoms with Crippen LogP contribution in [0.25, 0.3) is 11.3 Å². The average molecular weight is 249 g/mol. The Hall–Kier alpha value is -1.26. The van der Waals surface area contributed by atoms with E-state index < -0.39 is 0 Å². The first kappa shape index (κ1) is 12.2. The summed E-state index contributed by atoms with van der Waals surface area (Å²) in [6.07, 6.45) is 0. The number of thioether (sulfide) groups is 1. The van der Waals surface area contributed by atoms with E-state index in [0.717, 1.165) is 28.5 Å². The summed E-state index contributed by atoms with van der Waals surface area (Å²) < 4.78 is 5.30. The second kappa shape index (κ2) is 5.89. The van der Waals surface area contributed by atoms with Crippen LogP contribution in [0.4, 0.5) is 0 Å². The molecule has 0 bridgehead atoms. The van der Waals surface area contributed by atoms with E-state index in [4.69, 9.17) is 9.63 Å². The molecule has 1 N–H and O–H groups in total. The molecule has 1 heterocycles. The molecule has 0 saturated heterocycles. The minimum absolute atomic E-state index is 0.202. The van der Waals surface area contributed by atoms with Gasteiger partial charge in [0.15, 0.2) is 5.76 Å². The summed E-state index contributed by atoms with van der Waals surface area (Å²) >= 11 is 1.64. The van der Waals surface area contributed by atoms with Crippen LogP contribution in [0.5, 0.6) is 0 Å². The zero-order chi connectivity index (χ0) is 12.1. The Kier molecular flexibility index (Phi) is 4.23. The van der Waals surface area contributed by atoms with E-state index in [9.17, 15) is 0 Å². The van der Waals surface area contributed by atoms with E-state index in [-0.39, 0.29) is 6.61 Å². The highest BCUT2D eigenvalue weighted by Crippen LogP contribution is 2.22. The van der Waals surface area contributed by atoms with Gasteiger partial charge in [-0.25, -0.2) is 0 Å². The van der Waals surface area contributed by atoms with Gasteiger partial charge in [-0.15, -0.1) is 0 Å². The van der Waals surface area contributed by atoms with Crippen molar-refractivity contribution in [3.05, 3.63) is 41.6 Å². The number of aliphatic hydroxyl groups is 1. The molecule has 3 nitrogen and oxygen atoms in total. The number of hydrogen-bond acceptors (Lipinski definition) is 4. The quantitative estimate of drug-likeness (QED) is 0.828. The first-order valence-electron chi connectivity index (χ1n) is 5.51. The van der Waals surface area contributed by atoms with Crippen molar-refractivity contribution in [1.29, 1.82) is 0 Å². The maximum Gasteiger partial charge on any atom is 0.167 e. The van der Waals surface area contributed by atoms with Crippen LogP contribution in [0, 0.1) is 6.92 Å². The standard InChI is InChI=1S/C13H15NO2S/c1-10-2-4-11(5-3-10)13-8-12(14-16-13)9-17-7-6-15/h2-5,8,15H,6-7,9H2,1H3. The Morgan fingerprint density at radius 3 is 2.76 bits per heavy atom.